The zero-order valence-corrected chi connectivity index (χ0v) is 8.82. The fourth-order valence-electron chi connectivity index (χ4n) is 0.529. The summed E-state index contributed by atoms with van der Waals surface area (Å²) in [5.74, 6) is -2.92. The quantitative estimate of drug-likeness (QED) is 0.419. The second kappa shape index (κ2) is 8.21. The molecule has 0 fully saturated rings. The van der Waals surface area contributed by atoms with E-state index in [4.69, 9.17) is 5.11 Å². The van der Waals surface area contributed by atoms with Crippen molar-refractivity contribution in [2.24, 2.45) is 0 Å². The smallest absolute Gasteiger partial charge is 0.450 e. The third kappa shape index (κ3) is 8.84. The lowest BCUT2D eigenvalue weighted by atomic mass is 10.7. The molecule has 106 valence electrons. The molecule has 0 aliphatic carbocycles. The predicted molar refractivity (Wildman–Crippen MR) is 45.1 cm³/mol. The number of halogens is 1. The molecular formula is C7H5FO11. The Balaban J connectivity index is 3.86. The molecule has 0 aromatic rings. The van der Waals surface area contributed by atoms with E-state index < -0.39 is 43.6 Å². The Labute approximate surface area is 102 Å². The van der Waals surface area contributed by atoms with Crippen LogP contribution < -0.4 is 0 Å². The fraction of sp³-hybridized carbons (Fsp3) is 0.286. The van der Waals surface area contributed by atoms with E-state index in [1.165, 1.54) is 0 Å². The first-order valence-corrected chi connectivity index (χ1v) is 4.11. The Morgan fingerprint density at radius 1 is 0.842 bits per heavy atom. The Bertz CT molecular complexity index is 389. The summed E-state index contributed by atoms with van der Waals surface area (Å²) in [6.07, 6.45) is -5.45. The van der Waals surface area contributed by atoms with Crippen molar-refractivity contribution in [3.63, 3.8) is 0 Å². The van der Waals surface area contributed by atoms with Gasteiger partial charge in [-0.15, -0.1) is 0 Å². The highest BCUT2D eigenvalue weighted by molar-refractivity contribution is 5.86. The molecule has 0 amide bonds. The van der Waals surface area contributed by atoms with Gasteiger partial charge in [-0.2, -0.15) is 4.79 Å². The molecule has 19 heavy (non-hydrogen) atoms. The fourth-order valence-corrected chi connectivity index (χ4v) is 0.529. The lowest BCUT2D eigenvalue weighted by Crippen LogP contribution is -2.23. The summed E-state index contributed by atoms with van der Waals surface area (Å²) in [5.41, 5.74) is 0. The molecule has 0 aromatic heterocycles. The summed E-state index contributed by atoms with van der Waals surface area (Å²) in [7, 11) is 0. The second-order valence-electron chi connectivity index (χ2n) is 2.37. The zero-order chi connectivity index (χ0) is 14.8. The minimum absolute atomic E-state index is 1.08. The van der Waals surface area contributed by atoms with Gasteiger partial charge in [0.15, 0.2) is 13.2 Å². The minimum Gasteiger partial charge on any atom is -0.450 e. The van der Waals surface area contributed by atoms with Gasteiger partial charge in [0.25, 0.3) is 0 Å². The molecule has 0 atom stereocenters. The van der Waals surface area contributed by atoms with Crippen LogP contribution in [-0.2, 0) is 33.5 Å². The largest absolute Gasteiger partial charge is 0.553 e. The van der Waals surface area contributed by atoms with Crippen LogP contribution >= 0.6 is 0 Å². The first-order valence-electron chi connectivity index (χ1n) is 4.11. The first-order chi connectivity index (χ1) is 8.85. The Kier molecular flexibility index (Phi) is 6.95. The first kappa shape index (κ1) is 16.1. The van der Waals surface area contributed by atoms with Crippen molar-refractivity contribution in [3.8, 4) is 0 Å². The van der Waals surface area contributed by atoms with E-state index in [9.17, 15) is 28.5 Å². The van der Waals surface area contributed by atoms with Gasteiger partial charge >= 0.3 is 30.4 Å². The number of hydrogen-bond acceptors (Lipinski definition) is 10. The van der Waals surface area contributed by atoms with Gasteiger partial charge in [-0.3, -0.25) is 0 Å². The summed E-state index contributed by atoms with van der Waals surface area (Å²) >= 11 is 0. The molecule has 0 saturated heterocycles. The van der Waals surface area contributed by atoms with Gasteiger partial charge in [-0.05, 0) is 0 Å². The SMILES string of the molecule is O=C(O)OCC(=O)OC(=O)OCC(=O)OC(=O)OF. The summed E-state index contributed by atoms with van der Waals surface area (Å²) in [4.78, 5) is 54.4. The van der Waals surface area contributed by atoms with Gasteiger partial charge in [-0.1, -0.05) is 0 Å². The highest BCUT2D eigenvalue weighted by atomic mass is 19.3. The summed E-state index contributed by atoms with van der Waals surface area (Å²) < 4.78 is 26.1. The molecule has 0 aromatic carbocycles. The van der Waals surface area contributed by atoms with E-state index in [2.05, 4.69) is 23.9 Å². The average molecular weight is 284 g/mol. The zero-order valence-electron chi connectivity index (χ0n) is 8.82. The number of carbonyl (C=O) groups excluding carboxylic acids is 4. The van der Waals surface area contributed by atoms with Crippen LogP contribution in [0.2, 0.25) is 0 Å². The number of carbonyl (C=O) groups is 5. The number of rotatable bonds is 4. The molecule has 0 bridgehead atoms. The van der Waals surface area contributed by atoms with Gasteiger partial charge < -0.3 is 24.1 Å². The van der Waals surface area contributed by atoms with E-state index in [-0.39, 0.29) is 0 Å². The van der Waals surface area contributed by atoms with Crippen LogP contribution in [0, 0.1) is 0 Å². The highest BCUT2D eigenvalue weighted by Gasteiger charge is 2.18. The lowest BCUT2D eigenvalue weighted by Gasteiger charge is -2.03. The monoisotopic (exact) mass is 284 g/mol. The molecule has 0 heterocycles. The van der Waals surface area contributed by atoms with E-state index in [1.807, 2.05) is 0 Å². The minimum atomic E-state index is -1.98. The van der Waals surface area contributed by atoms with Crippen molar-refractivity contribution >= 4 is 30.4 Å². The number of hydrogen-bond donors (Lipinski definition) is 1. The van der Waals surface area contributed by atoms with Gasteiger partial charge in [0.05, 0.1) is 0 Å². The van der Waals surface area contributed by atoms with Gasteiger partial charge in [-0.25, -0.2) is 24.1 Å². The van der Waals surface area contributed by atoms with E-state index in [0.29, 0.717) is 0 Å². The van der Waals surface area contributed by atoms with E-state index in [0.717, 1.165) is 0 Å². The maximum atomic E-state index is 11.1. The Morgan fingerprint density at radius 2 is 1.32 bits per heavy atom. The standard InChI is InChI=1S/C7H5FO11/c8-19-7(14)18-4(10)2-16-6(13)17-3(9)1-15-5(11)12/h1-2H2,(H,11,12). The van der Waals surface area contributed by atoms with Crippen LogP contribution in [0.3, 0.4) is 0 Å². The van der Waals surface area contributed by atoms with Crippen molar-refractivity contribution in [3.05, 3.63) is 0 Å². The Morgan fingerprint density at radius 3 is 1.79 bits per heavy atom. The van der Waals surface area contributed by atoms with Crippen LogP contribution in [0.4, 0.5) is 18.9 Å². The number of esters is 2. The van der Waals surface area contributed by atoms with Gasteiger partial charge in [0, 0.05) is 4.53 Å². The molecule has 0 aliphatic rings. The number of carboxylic acid groups (broad SMARTS) is 1. The molecule has 1 N–H and O–H groups in total. The molecule has 0 radical (unpaired) electrons. The van der Waals surface area contributed by atoms with Crippen LogP contribution in [0.1, 0.15) is 0 Å². The summed E-state index contributed by atoms with van der Waals surface area (Å²) in [5, 5.41) is 8.00. The Hall–Kier alpha value is -2.92. The summed E-state index contributed by atoms with van der Waals surface area (Å²) in [6, 6.07) is 0. The van der Waals surface area contributed by atoms with Crippen molar-refractivity contribution in [1.29, 1.82) is 0 Å². The lowest BCUT2D eigenvalue weighted by molar-refractivity contribution is -0.155. The van der Waals surface area contributed by atoms with Crippen molar-refractivity contribution < 1.29 is 57.5 Å². The molecule has 12 heteroatoms. The third-order valence-electron chi connectivity index (χ3n) is 1.08. The normalized spacial score (nSPS) is 8.89. The highest BCUT2D eigenvalue weighted by Crippen LogP contribution is 1.92. The molecular weight excluding hydrogens is 279 g/mol. The third-order valence-corrected chi connectivity index (χ3v) is 1.08. The maximum Gasteiger partial charge on any atom is 0.553 e. The van der Waals surface area contributed by atoms with Crippen molar-refractivity contribution in [1.82, 2.24) is 0 Å². The topological polar surface area (TPSA) is 152 Å². The molecule has 0 rings (SSSR count). The van der Waals surface area contributed by atoms with Crippen LogP contribution in [0.25, 0.3) is 0 Å². The maximum absolute atomic E-state index is 11.1. The molecule has 0 unspecified atom stereocenters. The second-order valence-corrected chi connectivity index (χ2v) is 2.37. The van der Waals surface area contributed by atoms with Crippen molar-refractivity contribution in [2.45, 2.75) is 0 Å². The number of ether oxygens (including phenoxy) is 4. The molecule has 0 aliphatic heterocycles. The van der Waals surface area contributed by atoms with Crippen LogP contribution in [0.5, 0.6) is 0 Å². The molecule has 11 nitrogen and oxygen atoms in total. The van der Waals surface area contributed by atoms with Crippen LogP contribution in [-0.4, -0.2) is 48.7 Å². The van der Waals surface area contributed by atoms with Crippen LogP contribution in [0.15, 0.2) is 0 Å². The van der Waals surface area contributed by atoms with E-state index in [1.54, 1.807) is 0 Å². The summed E-state index contributed by atoms with van der Waals surface area (Å²) in [6.45, 7) is -2.26. The van der Waals surface area contributed by atoms with Gasteiger partial charge in [0.1, 0.15) is 0 Å². The average Bonchev–Trinajstić information content (AvgIpc) is 2.33. The molecule has 0 spiro atoms. The van der Waals surface area contributed by atoms with Crippen molar-refractivity contribution in [2.75, 3.05) is 13.2 Å². The van der Waals surface area contributed by atoms with Gasteiger partial charge in [0.2, 0.25) is 0 Å². The molecule has 0 saturated carbocycles. The van der Waals surface area contributed by atoms with E-state index >= 15 is 0 Å². The predicted octanol–water partition coefficient (Wildman–Crippen LogP) is -0.0749.